The number of aliphatic hydroxyl groups excluding tert-OH is 1. The van der Waals surface area contributed by atoms with E-state index in [-0.39, 0.29) is 12.1 Å². The van der Waals surface area contributed by atoms with Crippen LogP contribution in [-0.2, 0) is 9.53 Å². The van der Waals surface area contributed by atoms with Gasteiger partial charge in [0.2, 0.25) is 5.91 Å². The van der Waals surface area contributed by atoms with E-state index in [0.717, 1.165) is 19.2 Å². The zero-order valence-corrected chi connectivity index (χ0v) is 23.9. The SMILES string of the molecule is CC.CC.CC.CO.COC(CC1CC(=O)N(c2ccccc2)N=C1C#N)c1c(F)c(F)c(C(F)F)c(F)c1F. The van der Waals surface area contributed by atoms with E-state index in [9.17, 15) is 36.4 Å². The summed E-state index contributed by atoms with van der Waals surface area (Å²) >= 11 is 0. The van der Waals surface area contributed by atoms with Gasteiger partial charge in [0.25, 0.3) is 6.43 Å². The van der Waals surface area contributed by atoms with Gasteiger partial charge in [-0.15, -0.1) is 0 Å². The minimum Gasteiger partial charge on any atom is -0.400 e. The molecule has 0 radical (unpaired) electrons. The highest BCUT2D eigenvalue weighted by Crippen LogP contribution is 2.38. The van der Waals surface area contributed by atoms with Crippen LogP contribution in [0.5, 0.6) is 0 Å². The van der Waals surface area contributed by atoms with Gasteiger partial charge in [0, 0.05) is 26.6 Å². The molecule has 2 aromatic carbocycles. The lowest BCUT2D eigenvalue weighted by molar-refractivity contribution is -0.119. The number of benzene rings is 2. The van der Waals surface area contributed by atoms with Gasteiger partial charge in [-0.05, 0) is 18.6 Å². The smallest absolute Gasteiger partial charge is 0.269 e. The minimum atomic E-state index is -3.79. The number of hydrogen-bond acceptors (Lipinski definition) is 5. The van der Waals surface area contributed by atoms with Gasteiger partial charge in [0.15, 0.2) is 23.3 Å². The first kappa shape index (κ1) is 38.7. The van der Waals surface area contributed by atoms with Crippen molar-refractivity contribution in [1.82, 2.24) is 0 Å². The van der Waals surface area contributed by atoms with Gasteiger partial charge in [-0.2, -0.15) is 15.4 Å². The zero-order chi connectivity index (χ0) is 31.6. The fourth-order valence-corrected chi connectivity index (χ4v) is 3.45. The fraction of sp³-hybridized carbons (Fsp3) is 0.464. The lowest BCUT2D eigenvalue weighted by Gasteiger charge is -2.29. The Morgan fingerprint density at radius 3 is 1.80 bits per heavy atom. The molecule has 12 heteroatoms. The lowest BCUT2D eigenvalue weighted by atomic mass is 9.88. The van der Waals surface area contributed by atoms with Gasteiger partial charge in [-0.3, -0.25) is 4.79 Å². The molecule has 0 fully saturated rings. The quantitative estimate of drug-likeness (QED) is 0.280. The minimum absolute atomic E-state index is 0.179. The highest BCUT2D eigenvalue weighted by molar-refractivity contribution is 6.09. The van der Waals surface area contributed by atoms with Gasteiger partial charge in [0.05, 0.1) is 22.9 Å². The number of methoxy groups -OCH3 is 1. The molecular weight excluding hydrogens is 540 g/mol. The highest BCUT2D eigenvalue weighted by atomic mass is 19.3. The molecule has 0 spiro atoms. The van der Waals surface area contributed by atoms with Crippen molar-refractivity contribution < 1.29 is 41.0 Å². The van der Waals surface area contributed by atoms with Crippen molar-refractivity contribution in [1.29, 1.82) is 5.26 Å². The summed E-state index contributed by atoms with van der Waals surface area (Å²) in [5.74, 6) is -10.1. The Kier molecular flexibility index (Phi) is 19.8. The van der Waals surface area contributed by atoms with Crippen molar-refractivity contribution in [3.63, 3.8) is 0 Å². The number of alkyl halides is 2. The Morgan fingerprint density at radius 1 is 0.950 bits per heavy atom. The molecule has 0 aliphatic carbocycles. The summed E-state index contributed by atoms with van der Waals surface area (Å²) in [6, 6.07) is 9.96. The number of aliphatic hydroxyl groups is 1. The van der Waals surface area contributed by atoms with Crippen LogP contribution in [0.15, 0.2) is 35.4 Å². The highest BCUT2D eigenvalue weighted by Gasteiger charge is 2.37. The first-order chi connectivity index (χ1) is 19.2. The van der Waals surface area contributed by atoms with Gasteiger partial charge in [-0.25, -0.2) is 26.3 Å². The molecule has 0 saturated carbocycles. The van der Waals surface area contributed by atoms with E-state index in [1.54, 1.807) is 36.4 Å². The first-order valence-electron chi connectivity index (χ1n) is 12.7. The van der Waals surface area contributed by atoms with Gasteiger partial charge in [0.1, 0.15) is 11.8 Å². The number of amides is 1. The van der Waals surface area contributed by atoms with Crippen LogP contribution in [0, 0.1) is 40.5 Å². The number of ether oxygens (including phenoxy) is 1. The van der Waals surface area contributed by atoms with Crippen molar-refractivity contribution >= 4 is 17.3 Å². The average Bonchev–Trinajstić information content (AvgIpc) is 3.00. The Morgan fingerprint density at radius 2 is 1.40 bits per heavy atom. The molecule has 1 amide bonds. The van der Waals surface area contributed by atoms with Crippen LogP contribution < -0.4 is 5.01 Å². The van der Waals surface area contributed by atoms with Crippen LogP contribution >= 0.6 is 0 Å². The molecule has 0 aromatic heterocycles. The second-order valence-electron chi connectivity index (χ2n) is 6.88. The summed E-state index contributed by atoms with van der Waals surface area (Å²) in [5, 5.41) is 21.4. The summed E-state index contributed by atoms with van der Waals surface area (Å²) < 4.78 is 87.5. The number of nitriles is 1. The normalized spacial score (nSPS) is 14.5. The molecule has 0 saturated heterocycles. The van der Waals surface area contributed by atoms with E-state index in [4.69, 9.17) is 9.84 Å². The van der Waals surface area contributed by atoms with Crippen molar-refractivity contribution in [2.75, 3.05) is 19.2 Å². The average molecular weight is 578 g/mol. The standard InChI is InChI=1S/C21H15F6N3O2.3C2H6.CH4O/c1-32-13(15-17(22)19(24)16(21(26)27)20(25)18(15)23)7-10-8-14(31)30(29-12(10)9-28)11-5-3-2-4-6-11;4*1-2/h2-6,10,13,21H,7-8H2,1H3;3*1-2H3;2H,1H3. The number of hydrazone groups is 1. The number of rotatable bonds is 6. The first-order valence-corrected chi connectivity index (χ1v) is 12.7. The Labute approximate surface area is 231 Å². The summed E-state index contributed by atoms with van der Waals surface area (Å²) in [6.45, 7) is 12.0. The number of para-hydroxylation sites is 1. The molecule has 224 valence electrons. The summed E-state index contributed by atoms with van der Waals surface area (Å²) in [4.78, 5) is 12.6. The van der Waals surface area contributed by atoms with Crippen molar-refractivity contribution in [3.05, 3.63) is 64.7 Å². The third-order valence-corrected chi connectivity index (χ3v) is 5.02. The maximum Gasteiger partial charge on any atom is 0.269 e. The number of carbonyl (C=O) groups excluding carboxylic acids is 1. The van der Waals surface area contributed by atoms with E-state index in [2.05, 4.69) is 5.10 Å². The van der Waals surface area contributed by atoms with E-state index in [1.807, 2.05) is 41.5 Å². The van der Waals surface area contributed by atoms with E-state index >= 15 is 0 Å². The van der Waals surface area contributed by atoms with E-state index < -0.39 is 65.2 Å². The predicted molar refractivity (Wildman–Crippen MR) is 143 cm³/mol. The number of anilines is 1. The van der Waals surface area contributed by atoms with Crippen LogP contribution in [0.4, 0.5) is 32.0 Å². The van der Waals surface area contributed by atoms with Gasteiger partial charge < -0.3 is 9.84 Å². The third-order valence-electron chi connectivity index (χ3n) is 5.02. The molecular formula is C28H37F6N3O3. The Balaban J connectivity index is 0. The van der Waals surface area contributed by atoms with Crippen LogP contribution in [-0.4, -0.2) is 30.9 Å². The molecule has 1 aliphatic heterocycles. The topological polar surface area (TPSA) is 85.9 Å². The second-order valence-corrected chi connectivity index (χ2v) is 6.88. The second kappa shape index (κ2) is 20.5. The monoisotopic (exact) mass is 577 g/mol. The molecule has 2 unspecified atom stereocenters. The third kappa shape index (κ3) is 9.34. The molecule has 2 aromatic rings. The van der Waals surface area contributed by atoms with E-state index in [1.165, 1.54) is 0 Å². The van der Waals surface area contributed by atoms with Crippen LogP contribution in [0.3, 0.4) is 0 Å². The Hall–Kier alpha value is -3.43. The zero-order valence-electron chi connectivity index (χ0n) is 23.9. The summed E-state index contributed by atoms with van der Waals surface area (Å²) in [5.41, 5.74) is -3.07. The number of hydrogen-bond donors (Lipinski definition) is 1. The Bertz CT molecular complexity index is 1080. The molecule has 6 nitrogen and oxygen atoms in total. The van der Waals surface area contributed by atoms with Crippen LogP contribution in [0.25, 0.3) is 0 Å². The number of carbonyl (C=O) groups is 1. The van der Waals surface area contributed by atoms with Crippen molar-refractivity contribution in [3.8, 4) is 6.07 Å². The lowest BCUT2D eigenvalue weighted by Crippen LogP contribution is -2.37. The number of halogens is 6. The van der Waals surface area contributed by atoms with Crippen molar-refractivity contribution in [2.45, 2.75) is 66.9 Å². The number of nitrogens with zero attached hydrogens (tertiary/aromatic N) is 3. The fourth-order valence-electron chi connectivity index (χ4n) is 3.45. The molecule has 1 heterocycles. The molecule has 1 aliphatic rings. The molecule has 3 rings (SSSR count). The molecule has 0 bridgehead atoms. The summed E-state index contributed by atoms with van der Waals surface area (Å²) in [7, 11) is 1.98. The summed E-state index contributed by atoms with van der Waals surface area (Å²) in [6.07, 6.45) is -6.25. The van der Waals surface area contributed by atoms with Crippen LogP contribution in [0.1, 0.15) is 78.0 Å². The maximum absolute atomic E-state index is 14.4. The predicted octanol–water partition coefficient (Wildman–Crippen LogP) is 7.88. The van der Waals surface area contributed by atoms with Crippen molar-refractivity contribution in [2.24, 2.45) is 11.0 Å². The maximum atomic E-state index is 14.4. The molecule has 40 heavy (non-hydrogen) atoms. The van der Waals surface area contributed by atoms with Crippen LogP contribution in [0.2, 0.25) is 0 Å². The van der Waals surface area contributed by atoms with E-state index in [0.29, 0.717) is 5.69 Å². The van der Waals surface area contributed by atoms with Gasteiger partial charge in [-0.1, -0.05) is 59.7 Å². The largest absolute Gasteiger partial charge is 0.400 e. The van der Waals surface area contributed by atoms with Gasteiger partial charge >= 0.3 is 0 Å². The molecule has 1 N–H and O–H groups in total. The molecule has 2 atom stereocenters.